The molecule has 0 saturated carbocycles. The van der Waals surface area contributed by atoms with E-state index in [1.165, 1.54) is 11.8 Å². The molecule has 2 N–H and O–H groups in total. The van der Waals surface area contributed by atoms with Crippen LogP contribution in [0.15, 0.2) is 71.8 Å². The van der Waals surface area contributed by atoms with Crippen molar-refractivity contribution in [1.29, 1.82) is 0 Å². The number of rotatable bonds is 5. The monoisotopic (exact) mass is 527 g/mol. The summed E-state index contributed by atoms with van der Waals surface area (Å²) < 4.78 is 2.16. The molecule has 4 aromatic rings. The molecule has 5 rings (SSSR count). The Kier molecular flexibility index (Phi) is 6.54. The number of anilines is 1. The zero-order chi connectivity index (χ0) is 23.8. The summed E-state index contributed by atoms with van der Waals surface area (Å²) in [5.74, 6) is -0.101. The Labute approximate surface area is 216 Å². The number of amides is 1. The largest absolute Gasteiger partial charge is 0.356 e. The Balaban J connectivity index is 1.42. The second-order valence-electron chi connectivity index (χ2n) is 8.06. The van der Waals surface area contributed by atoms with Gasteiger partial charge in [-0.1, -0.05) is 70.8 Å². The number of benzene rings is 3. The third-order valence-electron chi connectivity index (χ3n) is 5.65. The van der Waals surface area contributed by atoms with Crippen LogP contribution in [0.4, 0.5) is 5.69 Å². The van der Waals surface area contributed by atoms with E-state index in [1.54, 1.807) is 0 Å². The van der Waals surface area contributed by atoms with E-state index in [4.69, 9.17) is 34.8 Å². The number of nitrogens with zero attached hydrogens (tertiary/aromatic N) is 1. The van der Waals surface area contributed by atoms with Crippen LogP contribution in [0, 0.1) is 6.92 Å². The van der Waals surface area contributed by atoms with E-state index < -0.39 is 0 Å². The molecule has 1 amide bonds. The molecule has 1 aliphatic rings. The van der Waals surface area contributed by atoms with Crippen LogP contribution in [-0.4, -0.2) is 16.0 Å². The predicted molar refractivity (Wildman–Crippen MR) is 145 cm³/mol. The topological polar surface area (TPSA) is 46.1 Å². The SMILES string of the molecule is Cc1cc(Cl)ccc1NC1NC(=O)/C(=C/c2cn(Cc3ccc(Cl)c(Cl)c3)c3ccccc23)S1. The molecule has 1 fully saturated rings. The van der Waals surface area contributed by atoms with Gasteiger partial charge in [-0.25, -0.2) is 0 Å². The van der Waals surface area contributed by atoms with E-state index in [0.717, 1.165) is 33.3 Å². The maximum atomic E-state index is 12.7. The first-order valence-electron chi connectivity index (χ1n) is 10.6. The molecule has 0 spiro atoms. The van der Waals surface area contributed by atoms with Crippen molar-refractivity contribution in [1.82, 2.24) is 9.88 Å². The molecule has 3 aromatic carbocycles. The standard InChI is InChI=1S/C26H20Cl3N3OS/c1-15-10-18(27)7-9-22(15)30-26-31-25(33)24(34-26)12-17-14-32(23-5-3-2-4-19(17)23)13-16-6-8-20(28)21(29)11-16/h2-12,14,26,30H,13H2,1H3,(H,31,33)/b24-12-. The summed E-state index contributed by atoms with van der Waals surface area (Å²) in [7, 11) is 0. The fourth-order valence-corrected chi connectivity index (χ4v) is 5.51. The van der Waals surface area contributed by atoms with E-state index in [-0.39, 0.29) is 11.4 Å². The Bertz CT molecular complexity index is 1450. The Morgan fingerprint density at radius 2 is 1.88 bits per heavy atom. The van der Waals surface area contributed by atoms with Crippen molar-refractivity contribution < 1.29 is 4.79 Å². The molecule has 1 saturated heterocycles. The number of carbonyl (C=O) groups is 1. The Morgan fingerprint density at radius 3 is 2.68 bits per heavy atom. The zero-order valence-electron chi connectivity index (χ0n) is 18.1. The number of aromatic nitrogens is 1. The van der Waals surface area contributed by atoms with Crippen LogP contribution in [0.5, 0.6) is 0 Å². The summed E-state index contributed by atoms with van der Waals surface area (Å²) in [6, 6.07) is 19.5. The minimum Gasteiger partial charge on any atom is -0.356 e. The lowest BCUT2D eigenvalue weighted by Gasteiger charge is -2.14. The highest BCUT2D eigenvalue weighted by Crippen LogP contribution is 2.34. The minimum absolute atomic E-state index is 0.101. The number of nitrogens with one attached hydrogen (secondary N) is 2. The summed E-state index contributed by atoms with van der Waals surface area (Å²) in [4.78, 5) is 13.4. The van der Waals surface area contributed by atoms with Gasteiger partial charge in [-0.3, -0.25) is 4.79 Å². The average Bonchev–Trinajstić information content (AvgIpc) is 3.33. The first-order valence-corrected chi connectivity index (χ1v) is 12.6. The Hall–Kier alpha value is -2.57. The number of hydrogen-bond donors (Lipinski definition) is 2. The van der Waals surface area contributed by atoms with Crippen molar-refractivity contribution in [3.05, 3.63) is 104 Å². The maximum absolute atomic E-state index is 12.7. The lowest BCUT2D eigenvalue weighted by molar-refractivity contribution is -0.116. The maximum Gasteiger partial charge on any atom is 0.260 e. The van der Waals surface area contributed by atoms with Crippen LogP contribution in [0.1, 0.15) is 16.7 Å². The van der Waals surface area contributed by atoms with Crippen LogP contribution in [0.2, 0.25) is 15.1 Å². The zero-order valence-corrected chi connectivity index (χ0v) is 21.2. The van der Waals surface area contributed by atoms with Crippen LogP contribution in [-0.2, 0) is 11.3 Å². The molecule has 0 radical (unpaired) electrons. The number of halogens is 3. The van der Waals surface area contributed by atoms with E-state index in [1.807, 2.05) is 61.5 Å². The second-order valence-corrected chi connectivity index (χ2v) is 10.5. The van der Waals surface area contributed by atoms with E-state index in [2.05, 4.69) is 33.5 Å². The molecular formula is C26H20Cl3N3OS. The molecule has 34 heavy (non-hydrogen) atoms. The Morgan fingerprint density at radius 1 is 1.06 bits per heavy atom. The molecule has 172 valence electrons. The number of para-hydroxylation sites is 1. The lowest BCUT2D eigenvalue weighted by atomic mass is 10.1. The highest BCUT2D eigenvalue weighted by molar-refractivity contribution is 8.05. The van der Waals surface area contributed by atoms with Crippen molar-refractivity contribution in [3.63, 3.8) is 0 Å². The van der Waals surface area contributed by atoms with Crippen LogP contribution >= 0.6 is 46.6 Å². The van der Waals surface area contributed by atoms with Gasteiger partial charge in [0, 0.05) is 39.9 Å². The van der Waals surface area contributed by atoms with E-state index >= 15 is 0 Å². The van der Waals surface area contributed by atoms with E-state index in [0.29, 0.717) is 26.5 Å². The second kappa shape index (κ2) is 9.59. The normalized spacial score (nSPS) is 16.9. The highest BCUT2D eigenvalue weighted by atomic mass is 35.5. The average molecular weight is 529 g/mol. The fourth-order valence-electron chi connectivity index (χ4n) is 3.99. The number of aryl methyl sites for hydroxylation is 1. The molecule has 1 unspecified atom stereocenters. The molecule has 1 aliphatic heterocycles. The smallest absolute Gasteiger partial charge is 0.260 e. The van der Waals surface area contributed by atoms with Crippen molar-refractivity contribution in [2.45, 2.75) is 19.0 Å². The quantitative estimate of drug-likeness (QED) is 0.263. The molecule has 8 heteroatoms. The van der Waals surface area contributed by atoms with Crippen LogP contribution < -0.4 is 10.6 Å². The molecule has 0 aliphatic carbocycles. The molecule has 2 heterocycles. The molecule has 1 aromatic heterocycles. The van der Waals surface area contributed by atoms with Gasteiger partial charge in [0.2, 0.25) is 0 Å². The van der Waals surface area contributed by atoms with Crippen molar-refractivity contribution >= 4 is 75.1 Å². The van der Waals surface area contributed by atoms with Crippen LogP contribution in [0.25, 0.3) is 17.0 Å². The minimum atomic E-state index is -0.261. The number of fused-ring (bicyclic) bond motifs is 1. The summed E-state index contributed by atoms with van der Waals surface area (Å²) in [6.45, 7) is 2.62. The van der Waals surface area contributed by atoms with Crippen molar-refractivity contribution in [2.24, 2.45) is 0 Å². The predicted octanol–water partition coefficient (Wildman–Crippen LogP) is 7.56. The lowest BCUT2D eigenvalue weighted by Crippen LogP contribution is -2.31. The van der Waals surface area contributed by atoms with Gasteiger partial charge in [0.1, 0.15) is 0 Å². The van der Waals surface area contributed by atoms with Gasteiger partial charge >= 0.3 is 0 Å². The number of thioether (sulfide) groups is 1. The molecule has 4 nitrogen and oxygen atoms in total. The van der Waals surface area contributed by atoms with Gasteiger partial charge in [0.25, 0.3) is 5.91 Å². The summed E-state index contributed by atoms with van der Waals surface area (Å²) in [6.07, 6.45) is 4.02. The van der Waals surface area contributed by atoms with E-state index in [9.17, 15) is 4.79 Å². The highest BCUT2D eigenvalue weighted by Gasteiger charge is 2.28. The van der Waals surface area contributed by atoms with Gasteiger partial charge in [-0.2, -0.15) is 0 Å². The summed E-state index contributed by atoms with van der Waals surface area (Å²) in [5.41, 5.74) is 4.80. The molecule has 1 atom stereocenters. The van der Waals surface area contributed by atoms with Crippen molar-refractivity contribution in [2.75, 3.05) is 5.32 Å². The van der Waals surface area contributed by atoms with Gasteiger partial charge in [-0.15, -0.1) is 0 Å². The van der Waals surface area contributed by atoms with Crippen molar-refractivity contribution in [3.8, 4) is 0 Å². The van der Waals surface area contributed by atoms with Gasteiger partial charge in [-0.05, 0) is 60.5 Å². The van der Waals surface area contributed by atoms with Crippen LogP contribution in [0.3, 0.4) is 0 Å². The summed E-state index contributed by atoms with van der Waals surface area (Å²) >= 11 is 19.8. The number of carbonyl (C=O) groups excluding carboxylic acids is 1. The van der Waals surface area contributed by atoms with Gasteiger partial charge < -0.3 is 15.2 Å². The molecule has 0 bridgehead atoms. The fraction of sp³-hybridized carbons (Fsp3) is 0.115. The third kappa shape index (κ3) is 4.80. The molecular weight excluding hydrogens is 509 g/mol. The summed E-state index contributed by atoms with van der Waals surface area (Å²) in [5, 5.41) is 9.20. The van der Waals surface area contributed by atoms with Gasteiger partial charge in [0.05, 0.1) is 15.0 Å². The third-order valence-corrected chi connectivity index (χ3v) is 7.65. The first-order chi connectivity index (χ1) is 16.4. The first kappa shape index (κ1) is 23.2. The number of hydrogen-bond acceptors (Lipinski definition) is 3. The van der Waals surface area contributed by atoms with Gasteiger partial charge in [0.15, 0.2) is 5.50 Å².